The molecule has 0 amide bonds. The van der Waals surface area contributed by atoms with Crippen LogP contribution in [0.25, 0.3) is 49.3 Å². The predicted octanol–water partition coefficient (Wildman–Crippen LogP) is 5.88. The minimum atomic E-state index is 0.539. The number of hydrogen-bond donors (Lipinski definition) is 2. The molecule has 0 aliphatic carbocycles. The molecule has 0 fully saturated rings. The second kappa shape index (κ2) is 5.72. The summed E-state index contributed by atoms with van der Waals surface area (Å²) in [5, 5.41) is 5.07. The fourth-order valence-corrected chi connectivity index (χ4v) is 4.41. The van der Waals surface area contributed by atoms with Crippen LogP contribution in [0.3, 0.4) is 0 Å². The molecule has 0 saturated carbocycles. The molecule has 3 nitrogen and oxygen atoms in total. The van der Waals surface area contributed by atoms with Crippen LogP contribution < -0.4 is 5.73 Å². The van der Waals surface area contributed by atoms with Crippen molar-refractivity contribution in [1.29, 1.82) is 0 Å². The van der Waals surface area contributed by atoms with Crippen LogP contribution in [0, 0.1) is 0 Å². The number of H-pyrrole nitrogens is 1. The van der Waals surface area contributed by atoms with Gasteiger partial charge in [-0.1, -0.05) is 48.5 Å². The summed E-state index contributed by atoms with van der Waals surface area (Å²) in [6, 6.07) is 30.2. The summed E-state index contributed by atoms with van der Waals surface area (Å²) in [6.45, 7) is 0.539. The van der Waals surface area contributed by atoms with Crippen LogP contribution >= 0.6 is 0 Å². The number of nitrogens with zero attached hydrogens (tertiary/aromatic N) is 1. The zero-order valence-corrected chi connectivity index (χ0v) is 15.3. The monoisotopic (exact) mass is 361 g/mol. The highest BCUT2D eigenvalue weighted by atomic mass is 15.0. The van der Waals surface area contributed by atoms with Crippen LogP contribution in [-0.2, 0) is 6.54 Å². The first-order valence-electron chi connectivity index (χ1n) is 9.56. The number of nitrogens with one attached hydrogen (secondary N) is 1. The fourth-order valence-electron chi connectivity index (χ4n) is 4.41. The maximum absolute atomic E-state index is 5.90. The highest BCUT2D eigenvalue weighted by molar-refractivity contribution is 6.18. The minimum absolute atomic E-state index is 0.539. The molecule has 2 aromatic heterocycles. The van der Waals surface area contributed by atoms with Crippen molar-refractivity contribution in [1.82, 2.24) is 9.55 Å². The molecule has 0 saturated heterocycles. The first-order chi connectivity index (χ1) is 13.8. The molecule has 4 aromatic carbocycles. The van der Waals surface area contributed by atoms with Crippen LogP contribution in [0.4, 0.5) is 0 Å². The molecule has 0 aliphatic heterocycles. The molecular weight excluding hydrogens is 342 g/mol. The molecule has 0 atom stereocenters. The zero-order valence-electron chi connectivity index (χ0n) is 15.3. The molecule has 6 aromatic rings. The molecule has 134 valence electrons. The van der Waals surface area contributed by atoms with Gasteiger partial charge in [-0.3, -0.25) is 0 Å². The summed E-state index contributed by atoms with van der Waals surface area (Å²) in [7, 11) is 0. The molecule has 0 radical (unpaired) electrons. The molecule has 0 spiro atoms. The third-order valence-corrected chi connectivity index (χ3v) is 5.70. The van der Waals surface area contributed by atoms with Gasteiger partial charge in [0.15, 0.2) is 0 Å². The molecule has 0 bridgehead atoms. The van der Waals surface area contributed by atoms with Crippen LogP contribution in [0.2, 0.25) is 0 Å². The summed E-state index contributed by atoms with van der Waals surface area (Å²) in [4.78, 5) is 3.58. The van der Waals surface area contributed by atoms with E-state index in [0.29, 0.717) is 6.54 Å². The van der Waals surface area contributed by atoms with Gasteiger partial charge in [0.05, 0.1) is 11.0 Å². The highest BCUT2D eigenvalue weighted by Crippen LogP contribution is 2.36. The Morgan fingerprint density at radius 2 is 1.46 bits per heavy atom. The minimum Gasteiger partial charge on any atom is -0.354 e. The number of aromatic nitrogens is 2. The largest absolute Gasteiger partial charge is 0.354 e. The average Bonchev–Trinajstić information content (AvgIpc) is 3.27. The molecule has 6 rings (SSSR count). The molecule has 2 heterocycles. The van der Waals surface area contributed by atoms with Crippen LogP contribution in [-0.4, -0.2) is 9.55 Å². The molecule has 0 unspecified atom stereocenters. The average molecular weight is 361 g/mol. The number of nitrogens with two attached hydrogens (primary N) is 1. The van der Waals surface area contributed by atoms with E-state index in [4.69, 9.17) is 5.73 Å². The quantitative estimate of drug-likeness (QED) is 0.398. The summed E-state index contributed by atoms with van der Waals surface area (Å²) >= 11 is 0. The van der Waals surface area contributed by atoms with E-state index in [-0.39, 0.29) is 0 Å². The van der Waals surface area contributed by atoms with E-state index in [0.717, 1.165) is 16.8 Å². The van der Waals surface area contributed by atoms with Crippen molar-refractivity contribution in [3.63, 3.8) is 0 Å². The number of fused-ring (bicyclic) bond motifs is 6. The van der Waals surface area contributed by atoms with Crippen LogP contribution in [0.1, 0.15) is 5.56 Å². The van der Waals surface area contributed by atoms with Crippen molar-refractivity contribution in [3.05, 3.63) is 90.5 Å². The third-order valence-electron chi connectivity index (χ3n) is 5.70. The van der Waals surface area contributed by atoms with E-state index < -0.39 is 0 Å². The van der Waals surface area contributed by atoms with Gasteiger partial charge in [-0.15, -0.1) is 0 Å². The van der Waals surface area contributed by atoms with Crippen LogP contribution in [0.15, 0.2) is 84.9 Å². The summed E-state index contributed by atoms with van der Waals surface area (Å²) in [5.74, 6) is 0. The van der Waals surface area contributed by atoms with Crippen molar-refractivity contribution in [2.75, 3.05) is 0 Å². The van der Waals surface area contributed by atoms with E-state index in [9.17, 15) is 0 Å². The van der Waals surface area contributed by atoms with Crippen LogP contribution in [0.5, 0.6) is 0 Å². The first kappa shape index (κ1) is 15.5. The van der Waals surface area contributed by atoms with E-state index >= 15 is 0 Å². The van der Waals surface area contributed by atoms with E-state index in [2.05, 4.69) is 94.5 Å². The fraction of sp³-hybridized carbons (Fsp3) is 0.0400. The van der Waals surface area contributed by atoms with Gasteiger partial charge in [0.1, 0.15) is 0 Å². The Morgan fingerprint density at radius 3 is 2.36 bits per heavy atom. The lowest BCUT2D eigenvalue weighted by atomic mass is 10.1. The van der Waals surface area contributed by atoms with E-state index in [1.165, 1.54) is 38.1 Å². The lowest BCUT2D eigenvalue weighted by Crippen LogP contribution is -1.99. The lowest BCUT2D eigenvalue weighted by molar-refractivity contribution is 1.06. The van der Waals surface area contributed by atoms with Crippen molar-refractivity contribution in [3.8, 4) is 5.69 Å². The normalized spacial score (nSPS) is 11.9. The number of rotatable bonds is 2. The zero-order chi connectivity index (χ0) is 18.7. The van der Waals surface area contributed by atoms with E-state index in [1.807, 2.05) is 0 Å². The number of hydrogen-bond acceptors (Lipinski definition) is 1. The highest BCUT2D eigenvalue weighted by Gasteiger charge is 2.15. The summed E-state index contributed by atoms with van der Waals surface area (Å²) in [6.07, 6.45) is 0. The summed E-state index contributed by atoms with van der Waals surface area (Å²) < 4.78 is 2.34. The second-order valence-corrected chi connectivity index (χ2v) is 7.31. The SMILES string of the molecule is NCc1cccc(-n2c3ccccc3c3cc4c(cc32)[nH]c2ccccc24)c1. The van der Waals surface area contributed by atoms with Crippen molar-refractivity contribution in [2.24, 2.45) is 5.73 Å². The van der Waals surface area contributed by atoms with Gasteiger partial charge in [0, 0.05) is 44.8 Å². The summed E-state index contributed by atoms with van der Waals surface area (Å²) in [5.41, 5.74) is 12.9. The lowest BCUT2D eigenvalue weighted by Gasteiger charge is -2.09. The van der Waals surface area contributed by atoms with Gasteiger partial charge >= 0.3 is 0 Å². The smallest absolute Gasteiger partial charge is 0.0562 e. The van der Waals surface area contributed by atoms with Gasteiger partial charge in [-0.05, 0) is 42.0 Å². The maximum Gasteiger partial charge on any atom is 0.0562 e. The maximum atomic E-state index is 5.90. The van der Waals surface area contributed by atoms with Gasteiger partial charge in [-0.25, -0.2) is 0 Å². The topological polar surface area (TPSA) is 46.7 Å². The molecule has 3 heteroatoms. The predicted molar refractivity (Wildman–Crippen MR) is 118 cm³/mol. The Morgan fingerprint density at radius 1 is 0.643 bits per heavy atom. The Labute approximate surface area is 162 Å². The van der Waals surface area contributed by atoms with Crippen molar-refractivity contribution >= 4 is 43.6 Å². The Balaban J connectivity index is 1.80. The van der Waals surface area contributed by atoms with Gasteiger partial charge in [0.2, 0.25) is 0 Å². The van der Waals surface area contributed by atoms with Gasteiger partial charge in [-0.2, -0.15) is 0 Å². The first-order valence-corrected chi connectivity index (χ1v) is 9.56. The number of aromatic amines is 1. The Hall–Kier alpha value is -3.56. The van der Waals surface area contributed by atoms with Gasteiger partial charge in [0.25, 0.3) is 0 Å². The van der Waals surface area contributed by atoms with E-state index in [1.54, 1.807) is 0 Å². The number of para-hydroxylation sites is 2. The third kappa shape index (κ3) is 2.08. The Bertz CT molecular complexity index is 1500. The molecule has 3 N–H and O–H groups in total. The molecular formula is C25H19N3. The van der Waals surface area contributed by atoms with Gasteiger partial charge < -0.3 is 15.3 Å². The molecule has 0 aliphatic rings. The second-order valence-electron chi connectivity index (χ2n) is 7.31. The Kier molecular flexibility index (Phi) is 3.16. The number of benzene rings is 4. The standard InChI is InChI=1S/C25H19N3/c26-15-16-6-5-7-17(12-16)28-24-11-4-2-9-19(24)21-13-20-18-8-1-3-10-22(18)27-23(20)14-25(21)28/h1-14,27H,15,26H2. The van der Waals surface area contributed by atoms with Crippen molar-refractivity contribution < 1.29 is 0 Å². The molecule has 28 heavy (non-hydrogen) atoms. The van der Waals surface area contributed by atoms with Crippen molar-refractivity contribution in [2.45, 2.75) is 6.54 Å².